The molecule has 1 aromatic heterocycles. The van der Waals surface area contributed by atoms with Gasteiger partial charge < -0.3 is 11.1 Å². The molecule has 3 N–H and O–H groups in total. The average molecular weight is 426 g/mol. The standard InChI is InChI=1S/C18H11F5N4OS/c19-10-2-1-8(5-13(10)22)7-29-18-26-16(25)9(6-24)17(28)27(18)15-12(21)4-3-11(20)14(15)23/h1-6,24H,7,25H2. The number of anilines is 1. The van der Waals surface area contributed by atoms with Crippen molar-refractivity contribution in [3.63, 3.8) is 0 Å². The first-order chi connectivity index (χ1) is 13.7. The summed E-state index contributed by atoms with van der Waals surface area (Å²) < 4.78 is 69.2. The molecular weight excluding hydrogens is 415 g/mol. The third kappa shape index (κ3) is 3.86. The normalized spacial score (nSPS) is 10.9. The number of benzene rings is 2. The molecule has 11 heteroatoms. The molecule has 1 heterocycles. The van der Waals surface area contributed by atoms with Crippen molar-refractivity contribution in [3.05, 3.63) is 80.9 Å². The van der Waals surface area contributed by atoms with E-state index in [2.05, 4.69) is 4.98 Å². The molecule has 0 saturated heterocycles. The van der Waals surface area contributed by atoms with Gasteiger partial charge in [-0.1, -0.05) is 17.8 Å². The molecule has 5 nitrogen and oxygen atoms in total. The Hall–Kier alpha value is -3.21. The van der Waals surface area contributed by atoms with E-state index < -0.39 is 45.9 Å². The van der Waals surface area contributed by atoms with Gasteiger partial charge in [0.1, 0.15) is 17.1 Å². The van der Waals surface area contributed by atoms with Crippen LogP contribution >= 0.6 is 11.8 Å². The minimum Gasteiger partial charge on any atom is -0.383 e. The Balaban J connectivity index is 2.17. The van der Waals surface area contributed by atoms with E-state index in [-0.39, 0.29) is 22.3 Å². The molecule has 2 aromatic carbocycles. The van der Waals surface area contributed by atoms with Gasteiger partial charge in [0.15, 0.2) is 34.2 Å². The van der Waals surface area contributed by atoms with E-state index in [1.807, 2.05) is 0 Å². The zero-order valence-corrected chi connectivity index (χ0v) is 15.2. The number of thioether (sulfide) groups is 1. The lowest BCUT2D eigenvalue weighted by Crippen LogP contribution is -2.28. The van der Waals surface area contributed by atoms with Gasteiger partial charge in [0, 0.05) is 12.0 Å². The summed E-state index contributed by atoms with van der Waals surface area (Å²) in [5.74, 6) is -6.91. The SMILES string of the molecule is N=Cc1c(N)nc(SCc2ccc(F)c(F)c2)n(-c2c(F)ccc(F)c2F)c1=O. The molecule has 0 spiro atoms. The molecule has 0 unspecified atom stereocenters. The number of nitrogen functional groups attached to an aromatic ring is 1. The van der Waals surface area contributed by atoms with Crippen LogP contribution in [0.15, 0.2) is 40.3 Å². The van der Waals surface area contributed by atoms with Crippen molar-refractivity contribution < 1.29 is 22.0 Å². The summed E-state index contributed by atoms with van der Waals surface area (Å²) in [6.45, 7) is 0. The Kier molecular flexibility index (Phi) is 5.69. The molecule has 0 aliphatic rings. The zero-order chi connectivity index (χ0) is 21.3. The zero-order valence-electron chi connectivity index (χ0n) is 14.3. The average Bonchev–Trinajstić information content (AvgIpc) is 2.68. The lowest BCUT2D eigenvalue weighted by Gasteiger charge is -2.15. The quantitative estimate of drug-likeness (QED) is 0.214. The van der Waals surface area contributed by atoms with E-state index in [9.17, 15) is 26.7 Å². The fraction of sp³-hybridized carbons (Fsp3) is 0.0556. The largest absolute Gasteiger partial charge is 0.383 e. The molecule has 0 radical (unpaired) electrons. The molecule has 150 valence electrons. The van der Waals surface area contributed by atoms with Crippen LogP contribution in [0.25, 0.3) is 5.69 Å². The summed E-state index contributed by atoms with van der Waals surface area (Å²) in [6.07, 6.45) is 0.556. The second-order valence-electron chi connectivity index (χ2n) is 5.71. The van der Waals surface area contributed by atoms with Gasteiger partial charge in [-0.3, -0.25) is 4.79 Å². The lowest BCUT2D eigenvalue weighted by atomic mass is 10.2. The molecular formula is C18H11F5N4OS. The van der Waals surface area contributed by atoms with Crippen molar-refractivity contribution in [2.75, 3.05) is 5.73 Å². The Morgan fingerprint density at radius 2 is 1.69 bits per heavy atom. The van der Waals surface area contributed by atoms with Crippen molar-refractivity contribution in [1.29, 1.82) is 5.41 Å². The number of halogens is 5. The highest BCUT2D eigenvalue weighted by molar-refractivity contribution is 7.98. The van der Waals surface area contributed by atoms with Gasteiger partial charge in [0.2, 0.25) is 0 Å². The van der Waals surface area contributed by atoms with Crippen LogP contribution in [0.5, 0.6) is 0 Å². The van der Waals surface area contributed by atoms with Crippen molar-refractivity contribution in [1.82, 2.24) is 9.55 Å². The Bertz CT molecular complexity index is 1180. The maximum atomic E-state index is 14.3. The Morgan fingerprint density at radius 1 is 1.03 bits per heavy atom. The number of aromatic nitrogens is 2. The van der Waals surface area contributed by atoms with Gasteiger partial charge >= 0.3 is 0 Å². The van der Waals surface area contributed by atoms with Gasteiger partial charge in [-0.15, -0.1) is 0 Å². The highest BCUT2D eigenvalue weighted by Crippen LogP contribution is 2.28. The molecule has 3 aromatic rings. The van der Waals surface area contributed by atoms with Crippen LogP contribution in [-0.2, 0) is 5.75 Å². The molecule has 0 atom stereocenters. The fourth-order valence-corrected chi connectivity index (χ4v) is 3.40. The number of nitrogens with zero attached hydrogens (tertiary/aromatic N) is 2. The molecule has 0 saturated carbocycles. The predicted molar refractivity (Wildman–Crippen MR) is 97.9 cm³/mol. The van der Waals surface area contributed by atoms with Crippen LogP contribution in [0.2, 0.25) is 0 Å². The summed E-state index contributed by atoms with van der Waals surface area (Å²) in [5.41, 5.74) is 3.34. The predicted octanol–water partition coefficient (Wildman–Crippen LogP) is 3.80. The first-order valence-corrected chi connectivity index (χ1v) is 8.86. The summed E-state index contributed by atoms with van der Waals surface area (Å²) in [5, 5.41) is 6.95. The number of hydrogen-bond acceptors (Lipinski definition) is 5. The molecule has 0 fully saturated rings. The molecule has 29 heavy (non-hydrogen) atoms. The molecule has 0 aliphatic heterocycles. The topological polar surface area (TPSA) is 84.8 Å². The second kappa shape index (κ2) is 8.03. The summed E-state index contributed by atoms with van der Waals surface area (Å²) in [6, 6.07) is 4.25. The van der Waals surface area contributed by atoms with E-state index in [0.717, 1.165) is 23.9 Å². The van der Waals surface area contributed by atoms with E-state index in [0.29, 0.717) is 22.9 Å². The molecule has 0 amide bonds. The molecule has 0 aliphatic carbocycles. The van der Waals surface area contributed by atoms with E-state index in [4.69, 9.17) is 11.1 Å². The minimum absolute atomic E-state index is 0.0778. The highest BCUT2D eigenvalue weighted by atomic mass is 32.2. The van der Waals surface area contributed by atoms with Crippen LogP contribution in [0.3, 0.4) is 0 Å². The third-order valence-electron chi connectivity index (χ3n) is 3.86. The summed E-state index contributed by atoms with van der Waals surface area (Å²) in [7, 11) is 0. The van der Waals surface area contributed by atoms with Crippen LogP contribution in [0.4, 0.5) is 27.8 Å². The molecule has 0 bridgehead atoms. The van der Waals surface area contributed by atoms with Crippen LogP contribution in [0, 0.1) is 34.5 Å². The van der Waals surface area contributed by atoms with Gasteiger partial charge in [0.05, 0.1) is 0 Å². The van der Waals surface area contributed by atoms with Gasteiger partial charge in [0.25, 0.3) is 5.56 Å². The van der Waals surface area contributed by atoms with Crippen molar-refractivity contribution in [2.45, 2.75) is 10.9 Å². The van der Waals surface area contributed by atoms with Crippen LogP contribution in [-0.4, -0.2) is 15.8 Å². The summed E-state index contributed by atoms with van der Waals surface area (Å²) in [4.78, 5) is 16.6. The maximum Gasteiger partial charge on any atom is 0.269 e. The summed E-state index contributed by atoms with van der Waals surface area (Å²) >= 11 is 0.732. The second-order valence-corrected chi connectivity index (χ2v) is 6.65. The smallest absolute Gasteiger partial charge is 0.269 e. The van der Waals surface area contributed by atoms with Gasteiger partial charge in [-0.25, -0.2) is 31.5 Å². The van der Waals surface area contributed by atoms with Crippen LogP contribution < -0.4 is 11.3 Å². The molecule has 3 rings (SSSR count). The number of hydrogen-bond donors (Lipinski definition) is 2. The number of nitrogens with two attached hydrogens (primary N) is 1. The minimum atomic E-state index is -1.63. The Morgan fingerprint density at radius 3 is 2.34 bits per heavy atom. The maximum absolute atomic E-state index is 14.3. The lowest BCUT2D eigenvalue weighted by molar-refractivity contribution is 0.482. The van der Waals surface area contributed by atoms with Gasteiger partial charge in [-0.2, -0.15) is 0 Å². The first-order valence-electron chi connectivity index (χ1n) is 7.88. The fourth-order valence-electron chi connectivity index (χ4n) is 2.46. The van der Waals surface area contributed by atoms with Gasteiger partial charge in [-0.05, 0) is 29.8 Å². The number of rotatable bonds is 5. The first kappa shape index (κ1) is 20.5. The van der Waals surface area contributed by atoms with Crippen LogP contribution in [0.1, 0.15) is 11.1 Å². The van der Waals surface area contributed by atoms with E-state index >= 15 is 0 Å². The van der Waals surface area contributed by atoms with E-state index in [1.165, 1.54) is 6.07 Å². The monoisotopic (exact) mass is 426 g/mol. The highest BCUT2D eigenvalue weighted by Gasteiger charge is 2.23. The van der Waals surface area contributed by atoms with Crippen molar-refractivity contribution >= 4 is 23.8 Å². The van der Waals surface area contributed by atoms with E-state index in [1.54, 1.807) is 0 Å². The Labute approximate surface area is 164 Å². The third-order valence-corrected chi connectivity index (χ3v) is 4.87. The van der Waals surface area contributed by atoms with Crippen molar-refractivity contribution in [2.24, 2.45) is 0 Å². The number of nitrogens with one attached hydrogen (secondary N) is 1. The van der Waals surface area contributed by atoms with Crippen molar-refractivity contribution in [3.8, 4) is 5.69 Å².